The van der Waals surface area contributed by atoms with Gasteiger partial charge in [0, 0.05) is 0 Å². The summed E-state index contributed by atoms with van der Waals surface area (Å²) in [7, 11) is 1.31. The van der Waals surface area contributed by atoms with Crippen LogP contribution in [-0.2, 0) is 16.1 Å². The number of aromatic nitrogens is 4. The fourth-order valence-electron chi connectivity index (χ4n) is 2.15. The average Bonchev–Trinajstić information content (AvgIpc) is 2.90. The summed E-state index contributed by atoms with van der Waals surface area (Å²) >= 11 is 1.11. The number of hydrogen-bond acceptors (Lipinski definition) is 8. The predicted octanol–water partition coefficient (Wildman–Crippen LogP) is 1.43. The molecule has 0 spiro atoms. The second-order valence-corrected chi connectivity index (χ2v) is 5.85. The fourth-order valence-corrected chi connectivity index (χ4v) is 2.83. The number of ether oxygens (including phenoxy) is 1. The van der Waals surface area contributed by atoms with E-state index in [1.54, 1.807) is 4.57 Å². The Morgan fingerprint density at radius 3 is 2.75 bits per heavy atom. The molecule has 24 heavy (non-hydrogen) atoms. The number of aromatic hydroxyl groups is 1. The molecule has 3 rings (SSSR count). The van der Waals surface area contributed by atoms with Gasteiger partial charge in [0.2, 0.25) is 0 Å². The summed E-state index contributed by atoms with van der Waals surface area (Å²) in [6, 6.07) is 9.41. The van der Waals surface area contributed by atoms with Crippen molar-refractivity contribution in [1.82, 2.24) is 19.5 Å². The number of rotatable bonds is 5. The maximum Gasteiger partial charge on any atom is 0.316 e. The first kappa shape index (κ1) is 16.1. The molecule has 8 nitrogen and oxygen atoms in total. The van der Waals surface area contributed by atoms with Gasteiger partial charge in [-0.05, 0) is 5.56 Å². The third-order valence-corrected chi connectivity index (χ3v) is 4.13. The standard InChI is InChI=1S/C15H15N5O3S/c1-23-10(21)8-24-14-18-12(16)11-13(19-14)20(15(22)17-11)7-9-5-3-2-4-6-9/h2-6H,7-8H2,1H3,(H,17,22)(H2,16,18,19). The smallest absolute Gasteiger partial charge is 0.316 e. The summed E-state index contributed by atoms with van der Waals surface area (Å²) in [5.74, 6) is -0.169. The van der Waals surface area contributed by atoms with Crippen molar-refractivity contribution in [2.75, 3.05) is 18.6 Å². The van der Waals surface area contributed by atoms with Gasteiger partial charge in [-0.2, -0.15) is 4.98 Å². The van der Waals surface area contributed by atoms with E-state index >= 15 is 0 Å². The Kier molecular flexibility index (Phi) is 4.52. The Hall–Kier alpha value is -2.81. The maximum absolute atomic E-state index is 11.3. The second-order valence-electron chi connectivity index (χ2n) is 4.91. The van der Waals surface area contributed by atoms with E-state index in [-0.39, 0.29) is 23.6 Å². The molecule has 0 unspecified atom stereocenters. The van der Waals surface area contributed by atoms with Gasteiger partial charge in [0.1, 0.15) is 0 Å². The van der Waals surface area contributed by atoms with Gasteiger partial charge in [0.05, 0.1) is 19.4 Å². The molecule has 1 aromatic carbocycles. The minimum Gasteiger partial charge on any atom is -0.480 e. The number of carbonyl (C=O) groups excluding carboxylic acids is 1. The largest absolute Gasteiger partial charge is 0.480 e. The molecule has 0 aliphatic heterocycles. The highest BCUT2D eigenvalue weighted by molar-refractivity contribution is 7.99. The number of hydrogen-bond donors (Lipinski definition) is 2. The zero-order valence-corrected chi connectivity index (χ0v) is 13.7. The van der Waals surface area contributed by atoms with E-state index in [4.69, 9.17) is 5.73 Å². The SMILES string of the molecule is COC(=O)CSc1nc(N)c2nc(O)n(Cc3ccccc3)c2n1. The maximum atomic E-state index is 11.3. The van der Waals surface area contributed by atoms with Gasteiger partial charge in [0.15, 0.2) is 22.1 Å². The van der Waals surface area contributed by atoms with Gasteiger partial charge in [-0.15, -0.1) is 0 Å². The van der Waals surface area contributed by atoms with Crippen molar-refractivity contribution in [2.24, 2.45) is 0 Å². The number of nitrogen functional groups attached to an aromatic ring is 1. The summed E-state index contributed by atoms with van der Waals surface area (Å²) < 4.78 is 6.14. The monoisotopic (exact) mass is 345 g/mol. The van der Waals surface area contributed by atoms with Crippen molar-refractivity contribution in [3.05, 3.63) is 35.9 Å². The van der Waals surface area contributed by atoms with Crippen molar-refractivity contribution in [1.29, 1.82) is 0 Å². The Morgan fingerprint density at radius 2 is 2.04 bits per heavy atom. The lowest BCUT2D eigenvalue weighted by Crippen LogP contribution is -2.06. The minimum atomic E-state index is -0.386. The first-order valence-electron chi connectivity index (χ1n) is 7.04. The summed E-state index contributed by atoms with van der Waals surface area (Å²) in [4.78, 5) is 23.8. The Morgan fingerprint density at radius 1 is 1.29 bits per heavy atom. The molecule has 2 heterocycles. The lowest BCUT2D eigenvalue weighted by atomic mass is 10.2. The quantitative estimate of drug-likeness (QED) is 0.405. The van der Waals surface area contributed by atoms with E-state index in [0.717, 1.165) is 17.3 Å². The second kappa shape index (κ2) is 6.75. The Balaban J connectivity index is 1.98. The molecular weight excluding hydrogens is 330 g/mol. The third kappa shape index (κ3) is 3.25. The number of thioether (sulfide) groups is 1. The van der Waals surface area contributed by atoms with Crippen LogP contribution in [0.15, 0.2) is 35.5 Å². The molecule has 9 heteroatoms. The topological polar surface area (TPSA) is 116 Å². The van der Waals surface area contributed by atoms with Crippen molar-refractivity contribution in [3.63, 3.8) is 0 Å². The molecule has 0 saturated carbocycles. The van der Waals surface area contributed by atoms with Crippen molar-refractivity contribution < 1.29 is 14.6 Å². The highest BCUT2D eigenvalue weighted by Gasteiger charge is 2.17. The summed E-state index contributed by atoms with van der Waals surface area (Å²) in [6.07, 6.45) is 0. The van der Waals surface area contributed by atoms with Gasteiger partial charge >= 0.3 is 5.97 Å². The van der Waals surface area contributed by atoms with Crippen LogP contribution >= 0.6 is 11.8 Å². The molecule has 0 radical (unpaired) electrons. The highest BCUT2D eigenvalue weighted by atomic mass is 32.2. The van der Waals surface area contributed by atoms with Crippen LogP contribution in [0.5, 0.6) is 6.01 Å². The number of benzene rings is 1. The molecule has 0 amide bonds. The number of methoxy groups -OCH3 is 1. The minimum absolute atomic E-state index is 0.0697. The van der Waals surface area contributed by atoms with Gasteiger partial charge in [-0.3, -0.25) is 9.36 Å². The van der Waals surface area contributed by atoms with Crippen LogP contribution < -0.4 is 5.73 Å². The molecule has 0 aliphatic rings. The van der Waals surface area contributed by atoms with E-state index in [1.807, 2.05) is 30.3 Å². The lowest BCUT2D eigenvalue weighted by molar-refractivity contribution is -0.137. The van der Waals surface area contributed by atoms with E-state index < -0.39 is 0 Å². The van der Waals surface area contributed by atoms with E-state index in [0.29, 0.717) is 22.9 Å². The highest BCUT2D eigenvalue weighted by Crippen LogP contribution is 2.26. The van der Waals surface area contributed by atoms with Gasteiger partial charge in [-0.1, -0.05) is 42.1 Å². The molecule has 0 fully saturated rings. The van der Waals surface area contributed by atoms with Crippen LogP contribution in [0.4, 0.5) is 5.82 Å². The summed E-state index contributed by atoms with van der Waals surface area (Å²) in [6.45, 7) is 0.390. The summed E-state index contributed by atoms with van der Waals surface area (Å²) in [5.41, 5.74) is 7.62. The zero-order valence-electron chi connectivity index (χ0n) is 12.8. The normalized spacial score (nSPS) is 10.9. The fraction of sp³-hybridized carbons (Fsp3) is 0.200. The van der Waals surface area contributed by atoms with Gasteiger partial charge in [0.25, 0.3) is 6.01 Å². The van der Waals surface area contributed by atoms with Crippen LogP contribution in [0.1, 0.15) is 5.56 Å². The summed E-state index contributed by atoms with van der Waals surface area (Å²) in [5, 5.41) is 10.4. The molecule has 124 valence electrons. The number of nitrogens with zero attached hydrogens (tertiary/aromatic N) is 4. The van der Waals surface area contributed by atoms with E-state index in [2.05, 4.69) is 19.7 Å². The van der Waals surface area contributed by atoms with Crippen LogP contribution in [0, 0.1) is 0 Å². The molecule has 0 bridgehead atoms. The molecule has 3 aromatic rings. The molecule has 0 aliphatic carbocycles. The third-order valence-electron chi connectivity index (χ3n) is 3.31. The van der Waals surface area contributed by atoms with Gasteiger partial charge in [-0.25, -0.2) is 9.97 Å². The van der Waals surface area contributed by atoms with Crippen LogP contribution in [0.2, 0.25) is 0 Å². The average molecular weight is 345 g/mol. The first-order valence-corrected chi connectivity index (χ1v) is 8.03. The van der Waals surface area contributed by atoms with Crippen LogP contribution in [0.25, 0.3) is 11.2 Å². The Labute approximate surface area is 141 Å². The van der Waals surface area contributed by atoms with E-state index in [1.165, 1.54) is 7.11 Å². The van der Waals surface area contributed by atoms with Crippen LogP contribution in [-0.4, -0.2) is 43.5 Å². The molecular formula is C15H15N5O3S. The molecule has 2 aromatic heterocycles. The number of imidazole rings is 1. The van der Waals surface area contributed by atoms with Crippen LogP contribution in [0.3, 0.4) is 0 Å². The number of carbonyl (C=O) groups is 1. The Bertz CT molecular complexity index is 882. The van der Waals surface area contributed by atoms with Crippen molar-refractivity contribution >= 4 is 34.7 Å². The number of anilines is 1. The van der Waals surface area contributed by atoms with Gasteiger partial charge < -0.3 is 15.6 Å². The number of nitrogens with two attached hydrogens (primary N) is 1. The van der Waals surface area contributed by atoms with Crippen molar-refractivity contribution in [3.8, 4) is 6.01 Å². The molecule has 3 N–H and O–H groups in total. The predicted molar refractivity (Wildman–Crippen MR) is 89.7 cm³/mol. The molecule has 0 atom stereocenters. The zero-order chi connectivity index (χ0) is 17.1. The van der Waals surface area contributed by atoms with Crippen molar-refractivity contribution in [2.45, 2.75) is 11.7 Å². The first-order chi connectivity index (χ1) is 11.6. The van der Waals surface area contributed by atoms with E-state index in [9.17, 15) is 9.90 Å². The number of esters is 1. The number of fused-ring (bicyclic) bond motifs is 1. The lowest BCUT2D eigenvalue weighted by Gasteiger charge is -2.06. The molecule has 0 saturated heterocycles.